The van der Waals surface area contributed by atoms with Gasteiger partial charge >= 0.3 is 6.03 Å². The van der Waals surface area contributed by atoms with Crippen LogP contribution in [0.25, 0.3) is 0 Å². The molecule has 1 aromatic carbocycles. The van der Waals surface area contributed by atoms with Crippen LogP contribution in [0.15, 0.2) is 24.3 Å². The number of halogens is 1. The monoisotopic (exact) mass is 391 g/mol. The summed E-state index contributed by atoms with van der Waals surface area (Å²) in [5.74, 6) is -0.716. The Labute approximate surface area is 164 Å². The molecule has 146 valence electrons. The molecule has 1 saturated carbocycles. The summed E-state index contributed by atoms with van der Waals surface area (Å²) in [6.07, 6.45) is 7.75. The van der Waals surface area contributed by atoms with Crippen molar-refractivity contribution in [3.63, 3.8) is 0 Å². The van der Waals surface area contributed by atoms with Gasteiger partial charge in [0.1, 0.15) is 12.1 Å². The van der Waals surface area contributed by atoms with E-state index in [1.807, 2.05) is 0 Å². The van der Waals surface area contributed by atoms with Crippen LogP contribution in [-0.4, -0.2) is 35.3 Å². The first-order valence-corrected chi connectivity index (χ1v) is 9.97. The zero-order valence-corrected chi connectivity index (χ0v) is 16.3. The molecule has 0 unspecified atom stereocenters. The summed E-state index contributed by atoms with van der Waals surface area (Å²) in [6.45, 7) is 1.38. The molecule has 0 radical (unpaired) electrons. The third-order valence-corrected chi connectivity index (χ3v) is 5.72. The Kier molecular flexibility index (Phi) is 6.05. The molecule has 1 atom stereocenters. The fourth-order valence-electron chi connectivity index (χ4n) is 3.84. The van der Waals surface area contributed by atoms with Crippen LogP contribution in [0.1, 0.15) is 57.4 Å². The Bertz CT molecular complexity index is 714. The van der Waals surface area contributed by atoms with Gasteiger partial charge in [0.25, 0.3) is 5.91 Å². The molecule has 1 aliphatic heterocycles. The quantitative estimate of drug-likeness (QED) is 0.772. The fraction of sp³-hybridized carbons (Fsp3) is 0.550. The maximum atomic E-state index is 12.9. The van der Waals surface area contributed by atoms with Crippen LogP contribution < -0.4 is 10.6 Å². The van der Waals surface area contributed by atoms with E-state index in [4.69, 9.17) is 11.6 Å². The predicted molar refractivity (Wildman–Crippen MR) is 103 cm³/mol. The van der Waals surface area contributed by atoms with Crippen molar-refractivity contribution >= 4 is 29.4 Å². The number of rotatable bonds is 4. The van der Waals surface area contributed by atoms with Crippen molar-refractivity contribution in [2.24, 2.45) is 0 Å². The van der Waals surface area contributed by atoms with Crippen molar-refractivity contribution in [2.45, 2.75) is 63.5 Å². The van der Waals surface area contributed by atoms with Gasteiger partial charge in [0, 0.05) is 11.1 Å². The molecule has 0 aromatic heterocycles. The molecule has 1 aliphatic carbocycles. The number of nitrogens with one attached hydrogen (secondary N) is 2. The van der Waals surface area contributed by atoms with E-state index in [1.165, 1.54) is 19.3 Å². The Morgan fingerprint density at radius 1 is 1.15 bits per heavy atom. The van der Waals surface area contributed by atoms with Crippen LogP contribution in [0, 0.1) is 0 Å². The highest BCUT2D eigenvalue weighted by Gasteiger charge is 2.49. The molecule has 3 rings (SSSR count). The zero-order chi connectivity index (χ0) is 19.4. The normalized spacial score (nSPS) is 24.3. The predicted octanol–water partition coefficient (Wildman–Crippen LogP) is 3.34. The standard InChI is InChI=1S/C20H26ClN3O3/c1-20(14-9-11-15(21)12-10-14)18(26)24(19(27)23-20)13-17(25)22-16-7-5-3-2-4-6-8-16/h9-12,16H,2-8,13H2,1H3,(H,22,25)(H,23,27)/t20-/m1/s1. The molecule has 6 nitrogen and oxygen atoms in total. The average molecular weight is 392 g/mol. The van der Waals surface area contributed by atoms with E-state index >= 15 is 0 Å². The van der Waals surface area contributed by atoms with Crippen molar-refractivity contribution in [1.29, 1.82) is 0 Å². The van der Waals surface area contributed by atoms with E-state index in [1.54, 1.807) is 31.2 Å². The van der Waals surface area contributed by atoms with Gasteiger partial charge in [-0.3, -0.25) is 14.5 Å². The topological polar surface area (TPSA) is 78.5 Å². The molecule has 1 aromatic rings. The van der Waals surface area contributed by atoms with Crippen molar-refractivity contribution in [3.8, 4) is 0 Å². The molecular weight excluding hydrogens is 366 g/mol. The highest BCUT2D eigenvalue weighted by Crippen LogP contribution is 2.29. The summed E-state index contributed by atoms with van der Waals surface area (Å²) in [4.78, 5) is 38.7. The fourth-order valence-corrected chi connectivity index (χ4v) is 3.96. The second-order valence-corrected chi connectivity index (χ2v) is 8.00. The molecule has 2 fully saturated rings. The van der Waals surface area contributed by atoms with Gasteiger partial charge in [-0.05, 0) is 37.5 Å². The molecule has 7 heteroatoms. The van der Waals surface area contributed by atoms with Crippen molar-refractivity contribution in [1.82, 2.24) is 15.5 Å². The van der Waals surface area contributed by atoms with Gasteiger partial charge in [-0.2, -0.15) is 0 Å². The first kappa shape index (κ1) is 19.7. The SMILES string of the molecule is C[C@]1(c2ccc(Cl)cc2)NC(=O)N(CC(=O)NC2CCCCCCC2)C1=O. The van der Waals surface area contributed by atoms with Gasteiger partial charge in [-0.1, -0.05) is 55.8 Å². The highest BCUT2D eigenvalue weighted by atomic mass is 35.5. The van der Waals surface area contributed by atoms with Crippen molar-refractivity contribution in [2.75, 3.05) is 6.54 Å². The van der Waals surface area contributed by atoms with Crippen molar-refractivity contribution in [3.05, 3.63) is 34.9 Å². The minimum atomic E-state index is -1.19. The lowest BCUT2D eigenvalue weighted by molar-refractivity contribution is -0.135. The zero-order valence-electron chi connectivity index (χ0n) is 15.6. The minimum Gasteiger partial charge on any atom is -0.352 e. The minimum absolute atomic E-state index is 0.126. The molecule has 0 bridgehead atoms. The third-order valence-electron chi connectivity index (χ3n) is 5.47. The molecule has 2 N–H and O–H groups in total. The summed E-state index contributed by atoms with van der Waals surface area (Å²) in [6, 6.07) is 6.33. The maximum absolute atomic E-state index is 12.9. The Morgan fingerprint density at radius 3 is 2.37 bits per heavy atom. The largest absolute Gasteiger partial charge is 0.352 e. The highest BCUT2D eigenvalue weighted by molar-refractivity contribution is 6.30. The van der Waals surface area contributed by atoms with E-state index in [9.17, 15) is 14.4 Å². The Morgan fingerprint density at radius 2 is 1.74 bits per heavy atom. The van der Waals surface area contributed by atoms with Gasteiger partial charge in [0.2, 0.25) is 5.91 Å². The van der Waals surface area contributed by atoms with E-state index in [0.717, 1.165) is 30.6 Å². The summed E-state index contributed by atoms with van der Waals surface area (Å²) < 4.78 is 0. The lowest BCUT2D eigenvalue weighted by Crippen LogP contribution is -2.45. The van der Waals surface area contributed by atoms with Crippen LogP contribution in [0.3, 0.4) is 0 Å². The lowest BCUT2D eigenvalue weighted by Gasteiger charge is -2.23. The summed E-state index contributed by atoms with van der Waals surface area (Å²) in [5, 5.41) is 6.26. The number of hydrogen-bond acceptors (Lipinski definition) is 3. The van der Waals surface area contributed by atoms with Gasteiger partial charge in [0.05, 0.1) is 0 Å². The smallest absolute Gasteiger partial charge is 0.325 e. The van der Waals surface area contributed by atoms with E-state index in [0.29, 0.717) is 10.6 Å². The maximum Gasteiger partial charge on any atom is 0.325 e. The number of carbonyl (C=O) groups is 3. The van der Waals surface area contributed by atoms with Gasteiger partial charge < -0.3 is 10.6 Å². The number of nitrogens with zero attached hydrogens (tertiary/aromatic N) is 1. The van der Waals surface area contributed by atoms with Gasteiger partial charge in [0.15, 0.2) is 0 Å². The Balaban J connectivity index is 1.64. The summed E-state index contributed by atoms with van der Waals surface area (Å²) in [7, 11) is 0. The van der Waals surface area contributed by atoms with Crippen LogP contribution in [-0.2, 0) is 15.1 Å². The second kappa shape index (κ2) is 8.30. The lowest BCUT2D eigenvalue weighted by atomic mass is 9.92. The van der Waals surface area contributed by atoms with Crippen LogP contribution in [0.4, 0.5) is 4.79 Å². The number of imide groups is 1. The molecule has 1 heterocycles. The number of urea groups is 1. The van der Waals surface area contributed by atoms with Crippen molar-refractivity contribution < 1.29 is 14.4 Å². The molecule has 2 aliphatic rings. The molecule has 4 amide bonds. The summed E-state index contributed by atoms with van der Waals surface area (Å²) >= 11 is 5.91. The van der Waals surface area contributed by atoms with E-state index in [-0.39, 0.29) is 18.5 Å². The third kappa shape index (κ3) is 4.43. The first-order valence-electron chi connectivity index (χ1n) is 9.59. The molecule has 0 spiro atoms. The first-order chi connectivity index (χ1) is 12.9. The average Bonchev–Trinajstić information content (AvgIpc) is 2.82. The van der Waals surface area contributed by atoms with Gasteiger partial charge in [-0.15, -0.1) is 0 Å². The molecular formula is C20H26ClN3O3. The van der Waals surface area contributed by atoms with Crippen LogP contribution >= 0.6 is 11.6 Å². The van der Waals surface area contributed by atoms with Crippen LogP contribution in [0.2, 0.25) is 5.02 Å². The van der Waals surface area contributed by atoms with Gasteiger partial charge in [-0.25, -0.2) is 4.79 Å². The summed E-state index contributed by atoms with van der Waals surface area (Å²) in [5.41, 5.74) is -0.560. The number of benzene rings is 1. The number of hydrogen-bond donors (Lipinski definition) is 2. The second-order valence-electron chi connectivity index (χ2n) is 7.56. The number of amides is 4. The van der Waals surface area contributed by atoms with E-state index in [2.05, 4.69) is 10.6 Å². The Hall–Kier alpha value is -2.08. The molecule has 27 heavy (non-hydrogen) atoms. The van der Waals surface area contributed by atoms with Crippen LogP contribution in [0.5, 0.6) is 0 Å². The van der Waals surface area contributed by atoms with E-state index < -0.39 is 17.5 Å². The molecule has 1 saturated heterocycles. The number of carbonyl (C=O) groups excluding carboxylic acids is 3.